The highest BCUT2D eigenvalue weighted by atomic mass is 32.2. The Labute approximate surface area is 155 Å². The summed E-state index contributed by atoms with van der Waals surface area (Å²) in [6, 6.07) is 8.51. The Bertz CT molecular complexity index is 737. The molecule has 1 N–H and O–H groups in total. The van der Waals surface area contributed by atoms with E-state index in [1.807, 2.05) is 6.07 Å². The maximum atomic E-state index is 12.5. The van der Waals surface area contributed by atoms with E-state index in [1.54, 1.807) is 30.7 Å². The first kappa shape index (κ1) is 20.0. The summed E-state index contributed by atoms with van der Waals surface area (Å²) in [7, 11) is 0.500. The third kappa shape index (κ3) is 6.50. The number of rotatable bonds is 9. The number of carbonyl (C=O) groups excluding carboxylic acids is 1. The number of thioether (sulfide) groups is 1. The van der Waals surface area contributed by atoms with E-state index in [2.05, 4.69) is 5.32 Å². The maximum absolute atomic E-state index is 12.5. The predicted molar refractivity (Wildman–Crippen MR) is 99.2 cm³/mol. The van der Waals surface area contributed by atoms with E-state index >= 15 is 0 Å². The molecule has 0 saturated carbocycles. The highest BCUT2D eigenvalue weighted by Crippen LogP contribution is 2.32. The van der Waals surface area contributed by atoms with Crippen LogP contribution in [0.25, 0.3) is 0 Å². The van der Waals surface area contributed by atoms with Crippen LogP contribution < -0.4 is 5.32 Å². The van der Waals surface area contributed by atoms with E-state index < -0.39 is 22.5 Å². The second-order valence-corrected chi connectivity index (χ2v) is 8.45. The number of alkyl halides is 2. The number of benzene rings is 1. The predicted octanol–water partition coefficient (Wildman–Crippen LogP) is 4.21. The SMILES string of the molecule is COCCS(=O)Cc1cccc(NC(=O)c2sccc2SC(F)F)c1. The van der Waals surface area contributed by atoms with Crippen LogP contribution in [0.4, 0.5) is 14.5 Å². The van der Waals surface area contributed by atoms with E-state index in [1.165, 1.54) is 6.07 Å². The van der Waals surface area contributed by atoms with Crippen LogP contribution in [0, 0.1) is 0 Å². The molecule has 1 atom stereocenters. The number of carbonyl (C=O) groups is 1. The summed E-state index contributed by atoms with van der Waals surface area (Å²) >= 11 is 1.47. The van der Waals surface area contributed by atoms with Crippen LogP contribution in [0.5, 0.6) is 0 Å². The minimum atomic E-state index is -2.58. The van der Waals surface area contributed by atoms with Gasteiger partial charge in [0.15, 0.2) is 0 Å². The van der Waals surface area contributed by atoms with Gasteiger partial charge >= 0.3 is 0 Å². The fraction of sp³-hybridized carbons (Fsp3) is 0.312. The van der Waals surface area contributed by atoms with Crippen LogP contribution in [0.1, 0.15) is 15.2 Å². The van der Waals surface area contributed by atoms with Gasteiger partial charge in [0.25, 0.3) is 11.7 Å². The van der Waals surface area contributed by atoms with Gasteiger partial charge in [-0.25, -0.2) is 0 Å². The first-order chi connectivity index (χ1) is 12.0. The fourth-order valence-corrected chi connectivity index (χ4v) is 4.66. The third-order valence-corrected chi connectivity index (χ3v) is 6.17. The Morgan fingerprint density at radius 2 is 2.20 bits per heavy atom. The largest absolute Gasteiger partial charge is 0.384 e. The van der Waals surface area contributed by atoms with Gasteiger partial charge < -0.3 is 10.1 Å². The molecule has 1 heterocycles. The number of halogens is 2. The van der Waals surface area contributed by atoms with Gasteiger partial charge in [0, 0.05) is 40.0 Å². The lowest BCUT2D eigenvalue weighted by Crippen LogP contribution is -2.12. The molecule has 25 heavy (non-hydrogen) atoms. The van der Waals surface area contributed by atoms with Gasteiger partial charge in [0.05, 0.1) is 6.61 Å². The number of ether oxygens (including phenoxy) is 1. The van der Waals surface area contributed by atoms with Crippen molar-refractivity contribution < 1.29 is 22.5 Å². The van der Waals surface area contributed by atoms with Gasteiger partial charge in [-0.05, 0) is 29.1 Å². The molecule has 0 aliphatic heterocycles. The van der Waals surface area contributed by atoms with Gasteiger partial charge in [0.2, 0.25) is 0 Å². The monoisotopic (exact) mass is 405 g/mol. The Morgan fingerprint density at radius 1 is 1.40 bits per heavy atom. The zero-order chi connectivity index (χ0) is 18.2. The minimum absolute atomic E-state index is 0.249. The number of hydrogen-bond donors (Lipinski definition) is 1. The molecule has 1 aromatic carbocycles. The van der Waals surface area contributed by atoms with Gasteiger partial charge in [-0.15, -0.1) is 11.3 Å². The lowest BCUT2D eigenvalue weighted by molar-refractivity contribution is 0.102. The first-order valence-electron chi connectivity index (χ1n) is 7.26. The van der Waals surface area contributed by atoms with Crippen molar-refractivity contribution in [3.05, 3.63) is 46.2 Å². The van der Waals surface area contributed by atoms with Crippen molar-refractivity contribution in [3.63, 3.8) is 0 Å². The molecule has 0 bridgehead atoms. The molecular weight excluding hydrogens is 388 g/mol. The molecule has 1 aromatic heterocycles. The number of thiophene rings is 1. The Balaban J connectivity index is 2.03. The quantitative estimate of drug-likeness (QED) is 0.635. The fourth-order valence-electron chi connectivity index (χ4n) is 2.01. The summed E-state index contributed by atoms with van der Waals surface area (Å²) in [5, 5.41) is 4.31. The molecule has 136 valence electrons. The van der Waals surface area contributed by atoms with Gasteiger partial charge in [-0.1, -0.05) is 23.9 Å². The number of amides is 1. The van der Waals surface area contributed by atoms with Gasteiger partial charge in [-0.2, -0.15) is 8.78 Å². The van der Waals surface area contributed by atoms with Crippen LogP contribution >= 0.6 is 23.1 Å². The summed E-state index contributed by atoms with van der Waals surface area (Å²) in [4.78, 5) is 12.8. The Hall–Kier alpha value is -1.29. The highest BCUT2D eigenvalue weighted by molar-refractivity contribution is 7.99. The summed E-state index contributed by atoms with van der Waals surface area (Å²) in [6.07, 6.45) is 0. The molecule has 0 aliphatic rings. The van der Waals surface area contributed by atoms with Crippen molar-refractivity contribution >= 4 is 45.5 Å². The second-order valence-electron chi connectivity index (χ2n) is 4.93. The van der Waals surface area contributed by atoms with Crippen LogP contribution in [0.15, 0.2) is 40.6 Å². The van der Waals surface area contributed by atoms with E-state index in [4.69, 9.17) is 4.74 Å². The molecule has 4 nitrogen and oxygen atoms in total. The molecular formula is C16H17F2NO3S3. The normalized spacial score (nSPS) is 12.3. The average Bonchev–Trinajstić information content (AvgIpc) is 3.00. The topological polar surface area (TPSA) is 55.4 Å². The van der Waals surface area contributed by atoms with Crippen molar-refractivity contribution in [2.75, 3.05) is 24.8 Å². The Morgan fingerprint density at radius 3 is 2.92 bits per heavy atom. The molecule has 0 saturated heterocycles. The van der Waals surface area contributed by atoms with Crippen LogP contribution in [0.2, 0.25) is 0 Å². The lowest BCUT2D eigenvalue weighted by atomic mass is 10.2. The van der Waals surface area contributed by atoms with E-state index in [9.17, 15) is 17.8 Å². The summed E-state index contributed by atoms with van der Waals surface area (Å²) in [6.45, 7) is 0.423. The third-order valence-electron chi connectivity index (χ3n) is 3.08. The molecule has 1 amide bonds. The van der Waals surface area contributed by atoms with E-state index in [-0.39, 0.29) is 9.77 Å². The molecule has 9 heteroatoms. The number of anilines is 1. The number of hydrogen-bond acceptors (Lipinski definition) is 5. The van der Waals surface area contributed by atoms with Crippen molar-refractivity contribution in [2.45, 2.75) is 16.4 Å². The standard InChI is InChI=1S/C16H17F2NO3S3/c1-22-6-8-25(21)10-11-3-2-4-12(9-11)19-15(20)14-13(5-7-23-14)24-16(17)18/h2-5,7,9,16H,6,8,10H2,1H3,(H,19,20). The van der Waals surface area contributed by atoms with Gasteiger partial charge in [0.1, 0.15) is 4.88 Å². The lowest BCUT2D eigenvalue weighted by Gasteiger charge is -2.08. The van der Waals surface area contributed by atoms with Crippen LogP contribution in [0.3, 0.4) is 0 Å². The van der Waals surface area contributed by atoms with Crippen molar-refractivity contribution in [1.82, 2.24) is 0 Å². The molecule has 2 rings (SSSR count). The molecule has 0 radical (unpaired) electrons. The smallest absolute Gasteiger partial charge is 0.288 e. The van der Waals surface area contributed by atoms with E-state index in [0.29, 0.717) is 35.6 Å². The van der Waals surface area contributed by atoms with Crippen LogP contribution in [-0.2, 0) is 21.3 Å². The molecule has 0 spiro atoms. The number of methoxy groups -OCH3 is 1. The first-order valence-corrected chi connectivity index (χ1v) is 10.5. The van der Waals surface area contributed by atoms with Crippen molar-refractivity contribution in [2.24, 2.45) is 0 Å². The second kappa shape index (κ2) is 10.0. The summed E-state index contributed by atoms with van der Waals surface area (Å²) in [5.41, 5.74) is 1.35. The molecule has 1 unspecified atom stereocenters. The Kier molecular flexibility index (Phi) is 8.01. The van der Waals surface area contributed by atoms with Crippen molar-refractivity contribution in [1.29, 1.82) is 0 Å². The summed E-state index contributed by atoms with van der Waals surface area (Å²) in [5.74, 6) is -2.21. The zero-order valence-corrected chi connectivity index (χ0v) is 15.8. The average molecular weight is 406 g/mol. The summed E-state index contributed by atoms with van der Waals surface area (Å²) < 4.78 is 41.9. The highest BCUT2D eigenvalue weighted by Gasteiger charge is 2.17. The maximum Gasteiger partial charge on any atom is 0.288 e. The van der Waals surface area contributed by atoms with Crippen molar-refractivity contribution in [3.8, 4) is 0 Å². The molecule has 0 aliphatic carbocycles. The van der Waals surface area contributed by atoms with Crippen LogP contribution in [-0.4, -0.2) is 35.3 Å². The molecule has 0 fully saturated rings. The van der Waals surface area contributed by atoms with Gasteiger partial charge in [-0.3, -0.25) is 9.00 Å². The number of nitrogens with one attached hydrogen (secondary N) is 1. The van der Waals surface area contributed by atoms with E-state index in [0.717, 1.165) is 16.9 Å². The zero-order valence-electron chi connectivity index (χ0n) is 13.4. The minimum Gasteiger partial charge on any atom is -0.384 e. The molecule has 2 aromatic rings.